The van der Waals surface area contributed by atoms with E-state index in [1.165, 1.54) is 11.9 Å². The van der Waals surface area contributed by atoms with Gasteiger partial charge in [-0.15, -0.1) is 0 Å². The summed E-state index contributed by atoms with van der Waals surface area (Å²) in [6.45, 7) is 4.43. The van der Waals surface area contributed by atoms with Crippen LogP contribution in [0.25, 0.3) is 0 Å². The Hall–Kier alpha value is -2.23. The second-order valence-electron chi connectivity index (χ2n) is 4.75. The Bertz CT molecular complexity index is 631. The van der Waals surface area contributed by atoms with E-state index in [0.29, 0.717) is 5.56 Å². The maximum absolute atomic E-state index is 12.7. The first kappa shape index (κ1) is 11.8. The first-order valence-electron chi connectivity index (χ1n) is 6.36. The van der Waals surface area contributed by atoms with E-state index in [1.807, 2.05) is 36.9 Å². The van der Waals surface area contributed by atoms with Crippen LogP contribution in [0, 0.1) is 13.8 Å². The molecule has 1 aromatic heterocycles. The summed E-state index contributed by atoms with van der Waals surface area (Å²) in [4.78, 5) is 22.8. The normalized spacial score (nSPS) is 13.5. The van der Waals surface area contributed by atoms with E-state index < -0.39 is 0 Å². The van der Waals surface area contributed by atoms with Gasteiger partial charge >= 0.3 is 0 Å². The van der Waals surface area contributed by atoms with Crippen LogP contribution < -0.4 is 4.90 Å². The Morgan fingerprint density at radius 3 is 2.58 bits per heavy atom. The number of nitrogens with zero attached hydrogens (tertiary/aromatic N) is 3. The summed E-state index contributed by atoms with van der Waals surface area (Å²) in [6, 6.07) is 8.04. The minimum absolute atomic E-state index is 0.000509. The Morgan fingerprint density at radius 2 is 1.84 bits per heavy atom. The number of hydrogen-bond acceptors (Lipinski definition) is 3. The maximum Gasteiger partial charge on any atom is 0.261 e. The lowest BCUT2D eigenvalue weighted by atomic mass is 10.1. The van der Waals surface area contributed by atoms with Gasteiger partial charge in [-0.2, -0.15) is 0 Å². The molecule has 0 unspecified atom stereocenters. The number of aromatic nitrogens is 2. The summed E-state index contributed by atoms with van der Waals surface area (Å²) in [6.07, 6.45) is 2.41. The molecule has 0 spiro atoms. The van der Waals surface area contributed by atoms with Crippen molar-refractivity contribution in [3.8, 4) is 0 Å². The molecule has 1 aromatic carbocycles. The van der Waals surface area contributed by atoms with Crippen LogP contribution in [0.2, 0.25) is 0 Å². The molecular formula is C15H15N3O. The largest absolute Gasteiger partial charge is 0.308 e. The highest BCUT2D eigenvalue weighted by Crippen LogP contribution is 2.29. The highest BCUT2D eigenvalue weighted by molar-refractivity contribution is 6.08. The van der Waals surface area contributed by atoms with E-state index in [-0.39, 0.29) is 5.91 Å². The quantitative estimate of drug-likeness (QED) is 0.783. The molecule has 0 N–H and O–H groups in total. The van der Waals surface area contributed by atoms with Crippen LogP contribution in [0.1, 0.15) is 27.3 Å². The van der Waals surface area contributed by atoms with Crippen LogP contribution in [0.3, 0.4) is 0 Å². The van der Waals surface area contributed by atoms with Gasteiger partial charge in [-0.25, -0.2) is 9.97 Å². The average molecular weight is 253 g/mol. The summed E-state index contributed by atoms with van der Waals surface area (Å²) >= 11 is 0. The Balaban J connectivity index is 2.03. The number of rotatable bonds is 1. The van der Waals surface area contributed by atoms with Gasteiger partial charge in [-0.1, -0.05) is 18.2 Å². The van der Waals surface area contributed by atoms with Gasteiger partial charge in [-0.3, -0.25) is 4.79 Å². The van der Waals surface area contributed by atoms with E-state index in [0.717, 1.165) is 30.0 Å². The van der Waals surface area contributed by atoms with Crippen molar-refractivity contribution in [3.63, 3.8) is 0 Å². The zero-order valence-electron chi connectivity index (χ0n) is 11.1. The predicted molar refractivity (Wildman–Crippen MR) is 73.3 cm³/mol. The third kappa shape index (κ3) is 1.89. The Kier molecular flexibility index (Phi) is 2.78. The summed E-state index contributed by atoms with van der Waals surface area (Å²) in [5, 5.41) is 0. The van der Waals surface area contributed by atoms with Crippen molar-refractivity contribution in [2.24, 2.45) is 0 Å². The molecule has 3 rings (SSSR count). The van der Waals surface area contributed by atoms with Crippen molar-refractivity contribution in [3.05, 3.63) is 53.1 Å². The SMILES string of the molecule is Cc1ncnc(C)c1C(=O)N1CCc2ccccc21. The highest BCUT2D eigenvalue weighted by Gasteiger charge is 2.27. The van der Waals surface area contributed by atoms with Crippen LogP contribution in [0.15, 0.2) is 30.6 Å². The lowest BCUT2D eigenvalue weighted by Gasteiger charge is -2.19. The summed E-state index contributed by atoms with van der Waals surface area (Å²) in [5.41, 5.74) is 4.33. The second-order valence-corrected chi connectivity index (χ2v) is 4.75. The molecule has 96 valence electrons. The zero-order valence-corrected chi connectivity index (χ0v) is 11.1. The van der Waals surface area contributed by atoms with Crippen LogP contribution in [-0.2, 0) is 6.42 Å². The average Bonchev–Trinajstić information content (AvgIpc) is 2.82. The monoisotopic (exact) mass is 253 g/mol. The van der Waals surface area contributed by atoms with Crippen molar-refractivity contribution < 1.29 is 4.79 Å². The fourth-order valence-electron chi connectivity index (χ4n) is 2.59. The topological polar surface area (TPSA) is 46.1 Å². The van der Waals surface area contributed by atoms with Gasteiger partial charge in [-0.05, 0) is 31.9 Å². The summed E-state index contributed by atoms with van der Waals surface area (Å²) in [7, 11) is 0. The summed E-state index contributed by atoms with van der Waals surface area (Å²) < 4.78 is 0. The lowest BCUT2D eigenvalue weighted by Crippen LogP contribution is -2.30. The number of para-hydroxylation sites is 1. The maximum atomic E-state index is 12.7. The first-order chi connectivity index (χ1) is 9.18. The zero-order chi connectivity index (χ0) is 13.4. The number of carbonyl (C=O) groups excluding carboxylic acids is 1. The van der Waals surface area contributed by atoms with Crippen LogP contribution in [0.5, 0.6) is 0 Å². The molecule has 2 aromatic rings. The van der Waals surface area contributed by atoms with Gasteiger partial charge in [0.1, 0.15) is 6.33 Å². The molecule has 1 amide bonds. The number of amides is 1. The van der Waals surface area contributed by atoms with E-state index in [4.69, 9.17) is 0 Å². The molecule has 1 aliphatic heterocycles. The van der Waals surface area contributed by atoms with Crippen molar-refractivity contribution in [1.29, 1.82) is 0 Å². The lowest BCUT2D eigenvalue weighted by molar-refractivity contribution is 0.0987. The molecular weight excluding hydrogens is 238 g/mol. The van der Waals surface area contributed by atoms with Crippen molar-refractivity contribution in [2.75, 3.05) is 11.4 Å². The fourth-order valence-corrected chi connectivity index (χ4v) is 2.59. The van der Waals surface area contributed by atoms with Crippen molar-refractivity contribution in [2.45, 2.75) is 20.3 Å². The van der Waals surface area contributed by atoms with Crippen molar-refractivity contribution >= 4 is 11.6 Å². The molecule has 4 nitrogen and oxygen atoms in total. The molecule has 0 fully saturated rings. The number of fused-ring (bicyclic) bond motifs is 1. The van der Waals surface area contributed by atoms with Gasteiger partial charge < -0.3 is 4.90 Å². The third-order valence-electron chi connectivity index (χ3n) is 3.57. The molecule has 1 aliphatic rings. The van der Waals surface area contributed by atoms with Crippen LogP contribution in [0.4, 0.5) is 5.69 Å². The molecule has 19 heavy (non-hydrogen) atoms. The smallest absolute Gasteiger partial charge is 0.261 e. The van der Waals surface area contributed by atoms with Gasteiger partial charge in [0.15, 0.2) is 0 Å². The van der Waals surface area contributed by atoms with E-state index >= 15 is 0 Å². The summed E-state index contributed by atoms with van der Waals surface area (Å²) in [5.74, 6) is 0.000509. The minimum atomic E-state index is 0.000509. The number of carbonyl (C=O) groups is 1. The molecule has 0 atom stereocenters. The molecule has 2 heterocycles. The number of hydrogen-bond donors (Lipinski definition) is 0. The van der Waals surface area contributed by atoms with E-state index in [1.54, 1.807) is 0 Å². The first-order valence-corrected chi connectivity index (χ1v) is 6.36. The standard InChI is InChI=1S/C15H15N3O/c1-10-14(11(2)17-9-16-10)15(19)18-8-7-12-5-3-4-6-13(12)18/h3-6,9H,7-8H2,1-2H3. The molecule has 0 saturated heterocycles. The number of aryl methyl sites for hydroxylation is 2. The fraction of sp³-hybridized carbons (Fsp3) is 0.267. The Labute approximate surface area is 112 Å². The van der Waals surface area contributed by atoms with Crippen LogP contribution >= 0.6 is 0 Å². The second kappa shape index (κ2) is 4.46. The molecule has 0 radical (unpaired) electrons. The highest BCUT2D eigenvalue weighted by atomic mass is 16.2. The molecule has 0 saturated carbocycles. The third-order valence-corrected chi connectivity index (χ3v) is 3.57. The molecule has 0 bridgehead atoms. The predicted octanol–water partition coefficient (Wildman–Crippen LogP) is 2.30. The van der Waals surface area contributed by atoms with Crippen LogP contribution in [-0.4, -0.2) is 22.4 Å². The number of benzene rings is 1. The Morgan fingerprint density at radius 1 is 1.16 bits per heavy atom. The number of anilines is 1. The van der Waals surface area contributed by atoms with Gasteiger partial charge in [0.05, 0.1) is 17.0 Å². The van der Waals surface area contributed by atoms with Gasteiger partial charge in [0.2, 0.25) is 0 Å². The molecule has 0 aliphatic carbocycles. The van der Waals surface area contributed by atoms with Gasteiger partial charge in [0.25, 0.3) is 5.91 Å². The van der Waals surface area contributed by atoms with E-state index in [2.05, 4.69) is 16.0 Å². The van der Waals surface area contributed by atoms with Gasteiger partial charge in [0, 0.05) is 12.2 Å². The minimum Gasteiger partial charge on any atom is -0.308 e. The van der Waals surface area contributed by atoms with E-state index in [9.17, 15) is 4.79 Å². The molecule has 4 heteroatoms. The van der Waals surface area contributed by atoms with Crippen molar-refractivity contribution in [1.82, 2.24) is 9.97 Å².